The van der Waals surface area contributed by atoms with Gasteiger partial charge >= 0.3 is 5.97 Å². The molecule has 2 N–H and O–H groups in total. The molecule has 0 aliphatic rings. The molecule has 4 aromatic rings. The van der Waals surface area contributed by atoms with E-state index in [0.717, 1.165) is 29.5 Å². The minimum atomic E-state index is -0.972. The molecule has 9 nitrogen and oxygen atoms in total. The van der Waals surface area contributed by atoms with E-state index in [0.29, 0.717) is 59.7 Å². The van der Waals surface area contributed by atoms with Gasteiger partial charge in [0.25, 0.3) is 0 Å². The minimum Gasteiger partial charge on any atom is -0.489 e. The van der Waals surface area contributed by atoms with Crippen molar-refractivity contribution in [3.8, 4) is 17.0 Å². The Morgan fingerprint density at radius 3 is 2.30 bits per heavy atom. The Hall–Kier alpha value is -4.34. The first-order valence-electron chi connectivity index (χ1n) is 15.6. The number of hydrogen-bond donors (Lipinski definition) is 2. The molecule has 1 aromatic heterocycles. The van der Waals surface area contributed by atoms with Gasteiger partial charge in [-0.25, -0.2) is 9.78 Å². The van der Waals surface area contributed by atoms with Crippen molar-refractivity contribution in [1.29, 1.82) is 0 Å². The maximum Gasteiger partial charge on any atom is 0.335 e. The Bertz CT molecular complexity index is 1670. The normalized spacial score (nSPS) is 11.6. The summed E-state index contributed by atoms with van der Waals surface area (Å²) in [6.07, 6.45) is 5.29. The number of benzene rings is 3. The van der Waals surface area contributed by atoms with Crippen LogP contribution in [-0.4, -0.2) is 51.4 Å². The van der Waals surface area contributed by atoms with Gasteiger partial charge in [-0.1, -0.05) is 60.8 Å². The summed E-state index contributed by atoms with van der Waals surface area (Å²) < 4.78 is 8.01. The van der Waals surface area contributed by atoms with Gasteiger partial charge in [0.15, 0.2) is 0 Å². The van der Waals surface area contributed by atoms with Crippen molar-refractivity contribution in [1.82, 2.24) is 19.8 Å². The molecule has 0 saturated heterocycles. The Labute approximate surface area is 285 Å². The molecule has 0 spiro atoms. The molecule has 1 heterocycles. The van der Waals surface area contributed by atoms with Crippen LogP contribution in [0.3, 0.4) is 0 Å². The van der Waals surface area contributed by atoms with Gasteiger partial charge in [-0.2, -0.15) is 0 Å². The number of carbonyl (C=O) groups is 3. The first kappa shape index (κ1) is 35.5. The van der Waals surface area contributed by atoms with Crippen LogP contribution < -0.4 is 10.1 Å². The van der Waals surface area contributed by atoms with Crippen LogP contribution in [0.2, 0.25) is 10.0 Å². The number of amides is 2. The average molecular weight is 680 g/mol. The van der Waals surface area contributed by atoms with Gasteiger partial charge in [0, 0.05) is 50.3 Å². The zero-order valence-electron chi connectivity index (χ0n) is 26.8. The summed E-state index contributed by atoms with van der Waals surface area (Å²) in [6, 6.07) is 19.1. The number of aromatic carboxylic acids is 1. The second kappa shape index (κ2) is 17.0. The topological polar surface area (TPSA) is 114 Å². The maximum absolute atomic E-state index is 13.2. The number of aryl methyl sites for hydroxylation is 1. The lowest BCUT2D eigenvalue weighted by atomic mass is 10.0. The van der Waals surface area contributed by atoms with Gasteiger partial charge in [0.2, 0.25) is 11.8 Å². The molecule has 1 atom stereocenters. The number of carboxylic acids is 1. The van der Waals surface area contributed by atoms with Crippen LogP contribution in [0.25, 0.3) is 11.3 Å². The number of nitrogens with one attached hydrogen (secondary N) is 1. The molecule has 11 heteroatoms. The quantitative estimate of drug-likeness (QED) is 0.126. The fourth-order valence-corrected chi connectivity index (χ4v) is 5.51. The SMILES string of the molecule is CCCCn1cc(-c2ccc(Cl)cc2Cl)nc1[C@H](Cc1ccc(OCc2ccc(C(=O)O)cc2)cc1)NC(=O)CCCC(=O)N(C)C. The van der Waals surface area contributed by atoms with E-state index in [2.05, 4.69) is 16.8 Å². The standard InChI is InChI=1S/C36H40Cl2N4O5/c1-4-5-19-42-22-32(29-18-15-27(37)21-30(29)38)40-35(42)31(39-33(43)7-6-8-34(44)41(2)3)20-24-11-16-28(17-12-24)47-23-25-9-13-26(14-10-25)36(45)46/h9-18,21-22,31H,4-8,19-20,23H2,1-3H3,(H,39,43)(H,45,46)/t31-/m0/s1. The Morgan fingerprint density at radius 1 is 0.957 bits per heavy atom. The summed E-state index contributed by atoms with van der Waals surface area (Å²) in [5.41, 5.74) is 3.48. The number of nitrogens with zero attached hydrogens (tertiary/aromatic N) is 3. The monoisotopic (exact) mass is 678 g/mol. The van der Waals surface area contributed by atoms with E-state index in [1.54, 1.807) is 50.5 Å². The Balaban J connectivity index is 1.56. The molecule has 3 aromatic carbocycles. The van der Waals surface area contributed by atoms with Crippen molar-refractivity contribution in [2.24, 2.45) is 0 Å². The number of halogens is 2. The smallest absolute Gasteiger partial charge is 0.335 e. The lowest BCUT2D eigenvalue weighted by Gasteiger charge is -2.20. The van der Waals surface area contributed by atoms with Crippen molar-refractivity contribution in [3.05, 3.63) is 105 Å². The number of carbonyl (C=O) groups excluding carboxylic acids is 2. The average Bonchev–Trinajstić information content (AvgIpc) is 3.46. The van der Waals surface area contributed by atoms with E-state index in [1.165, 1.54) is 4.90 Å². The highest BCUT2D eigenvalue weighted by Gasteiger charge is 2.23. The second-order valence-electron chi connectivity index (χ2n) is 11.6. The first-order chi connectivity index (χ1) is 22.5. The number of rotatable bonds is 16. The third-order valence-electron chi connectivity index (χ3n) is 7.68. The molecule has 0 aliphatic heterocycles. The number of hydrogen-bond acceptors (Lipinski definition) is 5. The van der Waals surface area contributed by atoms with Crippen LogP contribution in [0, 0.1) is 0 Å². The van der Waals surface area contributed by atoms with Gasteiger partial charge in [0.1, 0.15) is 18.2 Å². The molecule has 248 valence electrons. The van der Waals surface area contributed by atoms with Crippen LogP contribution >= 0.6 is 23.2 Å². The van der Waals surface area contributed by atoms with Crippen molar-refractivity contribution in [3.63, 3.8) is 0 Å². The van der Waals surface area contributed by atoms with Crippen molar-refractivity contribution >= 4 is 41.0 Å². The Morgan fingerprint density at radius 2 is 1.66 bits per heavy atom. The summed E-state index contributed by atoms with van der Waals surface area (Å²) >= 11 is 12.7. The summed E-state index contributed by atoms with van der Waals surface area (Å²) in [7, 11) is 3.40. The van der Waals surface area contributed by atoms with Crippen LogP contribution in [0.5, 0.6) is 5.75 Å². The van der Waals surface area contributed by atoms with Gasteiger partial charge < -0.3 is 24.6 Å². The van der Waals surface area contributed by atoms with Crippen molar-refractivity contribution in [2.75, 3.05) is 14.1 Å². The second-order valence-corrected chi connectivity index (χ2v) is 12.4. The third kappa shape index (κ3) is 10.3. The predicted octanol–water partition coefficient (Wildman–Crippen LogP) is 7.59. The Kier molecular flexibility index (Phi) is 12.8. The highest BCUT2D eigenvalue weighted by molar-refractivity contribution is 6.36. The fourth-order valence-electron chi connectivity index (χ4n) is 5.01. The maximum atomic E-state index is 13.2. The summed E-state index contributed by atoms with van der Waals surface area (Å²) in [4.78, 5) is 42.9. The molecule has 4 rings (SSSR count). The molecule has 0 bridgehead atoms. The van der Waals surface area contributed by atoms with E-state index < -0.39 is 12.0 Å². The van der Waals surface area contributed by atoms with E-state index in [9.17, 15) is 14.4 Å². The number of aromatic nitrogens is 2. The van der Waals surface area contributed by atoms with E-state index in [-0.39, 0.29) is 23.8 Å². The number of imidazole rings is 1. The van der Waals surface area contributed by atoms with Gasteiger partial charge in [-0.3, -0.25) is 9.59 Å². The highest BCUT2D eigenvalue weighted by atomic mass is 35.5. The zero-order valence-corrected chi connectivity index (χ0v) is 28.4. The van der Waals surface area contributed by atoms with Gasteiger partial charge in [-0.15, -0.1) is 0 Å². The van der Waals surface area contributed by atoms with E-state index in [1.807, 2.05) is 36.5 Å². The first-order valence-corrected chi connectivity index (χ1v) is 16.4. The molecule has 0 unspecified atom stereocenters. The molecular weight excluding hydrogens is 639 g/mol. The number of ether oxygens (including phenoxy) is 1. The van der Waals surface area contributed by atoms with Crippen molar-refractivity contribution < 1.29 is 24.2 Å². The predicted molar refractivity (Wildman–Crippen MR) is 184 cm³/mol. The lowest BCUT2D eigenvalue weighted by molar-refractivity contribution is -0.129. The van der Waals surface area contributed by atoms with Crippen LogP contribution in [-0.2, 0) is 29.2 Å². The van der Waals surface area contributed by atoms with Crippen LogP contribution in [0.4, 0.5) is 0 Å². The number of unbranched alkanes of at least 4 members (excludes halogenated alkanes) is 1. The molecule has 0 saturated carbocycles. The molecule has 2 amide bonds. The van der Waals surface area contributed by atoms with Gasteiger partial charge in [-0.05, 0) is 72.9 Å². The molecule has 0 fully saturated rings. The summed E-state index contributed by atoms with van der Waals surface area (Å²) in [5, 5.41) is 13.3. The minimum absolute atomic E-state index is 0.0199. The third-order valence-corrected chi connectivity index (χ3v) is 8.22. The van der Waals surface area contributed by atoms with Crippen molar-refractivity contribution in [2.45, 2.75) is 64.6 Å². The molecule has 0 aliphatic carbocycles. The molecule has 0 radical (unpaired) electrons. The summed E-state index contributed by atoms with van der Waals surface area (Å²) in [5.74, 6) is 0.216. The van der Waals surface area contributed by atoms with Crippen LogP contribution in [0.1, 0.15) is 72.4 Å². The van der Waals surface area contributed by atoms with Crippen LogP contribution in [0.15, 0.2) is 72.9 Å². The van der Waals surface area contributed by atoms with Gasteiger partial charge in [0.05, 0.1) is 22.3 Å². The van der Waals surface area contributed by atoms with E-state index >= 15 is 0 Å². The van der Waals surface area contributed by atoms with E-state index in [4.69, 9.17) is 38.0 Å². The highest BCUT2D eigenvalue weighted by Crippen LogP contribution is 2.32. The molecular formula is C36H40Cl2N4O5. The number of carboxylic acid groups (broad SMARTS) is 1. The fraction of sp³-hybridized carbons (Fsp3) is 0.333. The summed E-state index contributed by atoms with van der Waals surface area (Å²) in [6.45, 7) is 3.13. The lowest BCUT2D eigenvalue weighted by Crippen LogP contribution is -2.32. The largest absolute Gasteiger partial charge is 0.489 e. The zero-order chi connectivity index (χ0) is 33.9. The molecule has 47 heavy (non-hydrogen) atoms.